The second-order valence-electron chi connectivity index (χ2n) is 4.67. The normalized spacial score (nSPS) is 18.3. The summed E-state index contributed by atoms with van der Waals surface area (Å²) in [6.45, 7) is 0.133. The molecule has 126 valence electrons. The third kappa shape index (κ3) is 4.99. The van der Waals surface area contributed by atoms with Crippen molar-refractivity contribution < 1.29 is 32.6 Å². The molecule has 1 aromatic carbocycles. The number of carboxylic acid groups (broad SMARTS) is 1. The third-order valence-electron chi connectivity index (χ3n) is 2.93. The Morgan fingerprint density at radius 2 is 2.09 bits per heavy atom. The van der Waals surface area contributed by atoms with E-state index >= 15 is 0 Å². The molecule has 1 fully saturated rings. The van der Waals surface area contributed by atoms with Crippen LogP contribution in [0.4, 0.5) is 5.69 Å². The van der Waals surface area contributed by atoms with Crippen LogP contribution in [0.15, 0.2) is 29.2 Å². The second kappa shape index (κ2) is 7.51. The van der Waals surface area contributed by atoms with Gasteiger partial charge in [0.2, 0.25) is 10.0 Å². The number of anilines is 1. The largest absolute Gasteiger partial charge is 0.480 e. The fourth-order valence-corrected chi connectivity index (χ4v) is 2.86. The van der Waals surface area contributed by atoms with Gasteiger partial charge in [-0.25, -0.2) is 8.42 Å². The summed E-state index contributed by atoms with van der Waals surface area (Å²) in [5, 5.41) is 11.1. The minimum absolute atomic E-state index is 0.129. The Hall–Kier alpha value is -2.01. The number of nitrogens with one attached hydrogen (secondary N) is 2. The monoisotopic (exact) mass is 344 g/mol. The number of carbonyl (C=O) groups is 2. The number of ether oxygens (including phenoxy) is 2. The Bertz CT molecular complexity index is 683. The van der Waals surface area contributed by atoms with E-state index in [0.717, 1.165) is 0 Å². The fraction of sp³-hybridized carbons (Fsp3) is 0.385. The van der Waals surface area contributed by atoms with Gasteiger partial charge in [-0.05, 0) is 18.2 Å². The van der Waals surface area contributed by atoms with Gasteiger partial charge in [0, 0.05) is 5.69 Å². The van der Waals surface area contributed by atoms with Crippen molar-refractivity contribution in [1.82, 2.24) is 4.72 Å². The van der Waals surface area contributed by atoms with Gasteiger partial charge >= 0.3 is 5.97 Å². The Morgan fingerprint density at radius 3 is 2.74 bits per heavy atom. The van der Waals surface area contributed by atoms with Crippen molar-refractivity contribution in [2.24, 2.45) is 0 Å². The van der Waals surface area contributed by atoms with Gasteiger partial charge < -0.3 is 19.9 Å². The van der Waals surface area contributed by atoms with Crippen LogP contribution in [0.3, 0.4) is 0 Å². The van der Waals surface area contributed by atoms with E-state index in [-0.39, 0.29) is 17.2 Å². The molecule has 1 heterocycles. The van der Waals surface area contributed by atoms with Crippen molar-refractivity contribution >= 4 is 27.6 Å². The minimum Gasteiger partial charge on any atom is -0.480 e. The maximum absolute atomic E-state index is 12.0. The lowest BCUT2D eigenvalue weighted by Crippen LogP contribution is -2.39. The van der Waals surface area contributed by atoms with Crippen molar-refractivity contribution in [1.29, 1.82) is 0 Å². The van der Waals surface area contributed by atoms with Gasteiger partial charge in [0.15, 0.2) is 6.10 Å². The lowest BCUT2D eigenvalue weighted by Gasteiger charge is -2.22. The first-order chi connectivity index (χ1) is 10.9. The highest BCUT2D eigenvalue weighted by Gasteiger charge is 2.23. The van der Waals surface area contributed by atoms with Crippen LogP contribution in [0.5, 0.6) is 0 Å². The molecule has 1 aliphatic heterocycles. The molecule has 23 heavy (non-hydrogen) atoms. The maximum Gasteiger partial charge on any atom is 0.318 e. The number of hydrogen-bond donors (Lipinski definition) is 3. The molecule has 10 heteroatoms. The molecule has 1 amide bonds. The van der Waals surface area contributed by atoms with Crippen LogP contribution in [-0.4, -0.2) is 57.9 Å². The zero-order chi connectivity index (χ0) is 16.9. The number of carbonyl (C=O) groups excluding carboxylic acids is 1. The first kappa shape index (κ1) is 17.3. The molecule has 1 atom stereocenters. The van der Waals surface area contributed by atoms with Gasteiger partial charge in [0.25, 0.3) is 5.91 Å². The molecule has 1 unspecified atom stereocenters. The summed E-state index contributed by atoms with van der Waals surface area (Å²) >= 11 is 0. The topological polar surface area (TPSA) is 131 Å². The fourth-order valence-electron chi connectivity index (χ4n) is 1.84. The van der Waals surface area contributed by atoms with E-state index in [1.807, 2.05) is 4.72 Å². The molecule has 2 rings (SSSR count). The summed E-state index contributed by atoms with van der Waals surface area (Å²) in [7, 11) is -3.98. The van der Waals surface area contributed by atoms with E-state index in [4.69, 9.17) is 14.6 Å². The molecule has 0 bridgehead atoms. The quantitative estimate of drug-likeness (QED) is 0.628. The zero-order valence-corrected chi connectivity index (χ0v) is 12.8. The lowest BCUT2D eigenvalue weighted by atomic mass is 10.3. The SMILES string of the molecule is O=C(O)CNS(=O)(=O)c1cccc(NC(=O)C2COCCO2)c1. The zero-order valence-electron chi connectivity index (χ0n) is 12.0. The van der Waals surface area contributed by atoms with Gasteiger partial charge in [0.1, 0.15) is 6.54 Å². The Morgan fingerprint density at radius 1 is 1.30 bits per heavy atom. The van der Waals surface area contributed by atoms with Crippen LogP contribution in [0, 0.1) is 0 Å². The van der Waals surface area contributed by atoms with Crippen molar-refractivity contribution in [2.75, 3.05) is 31.7 Å². The molecule has 0 aromatic heterocycles. The molecule has 9 nitrogen and oxygen atoms in total. The highest BCUT2D eigenvalue weighted by atomic mass is 32.2. The highest BCUT2D eigenvalue weighted by Crippen LogP contribution is 2.16. The highest BCUT2D eigenvalue weighted by molar-refractivity contribution is 7.89. The predicted molar refractivity (Wildman–Crippen MR) is 78.5 cm³/mol. The number of aliphatic carboxylic acids is 1. The smallest absolute Gasteiger partial charge is 0.318 e. The number of benzene rings is 1. The Labute approximate surface area is 132 Å². The van der Waals surface area contributed by atoms with E-state index < -0.39 is 34.5 Å². The van der Waals surface area contributed by atoms with E-state index in [0.29, 0.717) is 13.2 Å². The van der Waals surface area contributed by atoms with Crippen molar-refractivity contribution in [3.63, 3.8) is 0 Å². The van der Waals surface area contributed by atoms with Gasteiger partial charge in [-0.2, -0.15) is 4.72 Å². The number of carboxylic acids is 1. The molecule has 1 saturated heterocycles. The molecule has 0 radical (unpaired) electrons. The molecule has 3 N–H and O–H groups in total. The van der Waals surface area contributed by atoms with E-state index in [1.54, 1.807) is 0 Å². The maximum atomic E-state index is 12.0. The summed E-state index contributed by atoms with van der Waals surface area (Å²) in [4.78, 5) is 22.3. The summed E-state index contributed by atoms with van der Waals surface area (Å²) in [6.07, 6.45) is -0.755. The van der Waals surface area contributed by atoms with Crippen molar-refractivity contribution in [3.8, 4) is 0 Å². The van der Waals surface area contributed by atoms with Gasteiger partial charge in [-0.1, -0.05) is 6.07 Å². The van der Waals surface area contributed by atoms with Crippen LogP contribution in [0.2, 0.25) is 0 Å². The summed E-state index contributed by atoms with van der Waals surface area (Å²) in [5.74, 6) is -1.75. The minimum atomic E-state index is -3.98. The van der Waals surface area contributed by atoms with Crippen molar-refractivity contribution in [2.45, 2.75) is 11.0 Å². The molecule has 0 aliphatic carbocycles. The Kier molecular flexibility index (Phi) is 5.66. The predicted octanol–water partition coefficient (Wildman–Crippen LogP) is -0.597. The van der Waals surface area contributed by atoms with Crippen LogP contribution in [0.25, 0.3) is 0 Å². The van der Waals surface area contributed by atoms with Crippen LogP contribution in [-0.2, 0) is 29.1 Å². The van der Waals surface area contributed by atoms with E-state index in [1.165, 1.54) is 24.3 Å². The molecular weight excluding hydrogens is 328 g/mol. The molecule has 1 aliphatic rings. The lowest BCUT2D eigenvalue weighted by molar-refractivity contribution is -0.142. The van der Waals surface area contributed by atoms with Gasteiger partial charge in [0.05, 0.1) is 24.7 Å². The standard InChI is InChI=1S/C13H16N2O7S/c16-12(17)7-14-23(19,20)10-3-1-2-9(6-10)15-13(18)11-8-21-4-5-22-11/h1-3,6,11,14H,4-5,7-8H2,(H,15,18)(H,16,17). The summed E-state index contributed by atoms with van der Waals surface area (Å²) in [5.41, 5.74) is 0.252. The average Bonchev–Trinajstić information content (AvgIpc) is 2.54. The molecule has 0 saturated carbocycles. The number of rotatable bonds is 6. The van der Waals surface area contributed by atoms with Crippen molar-refractivity contribution in [3.05, 3.63) is 24.3 Å². The molecule has 1 aromatic rings. The molecular formula is C13H16N2O7S. The third-order valence-corrected chi connectivity index (χ3v) is 4.33. The van der Waals surface area contributed by atoms with E-state index in [2.05, 4.69) is 5.32 Å². The summed E-state index contributed by atoms with van der Waals surface area (Å²) < 4.78 is 36.2. The van der Waals surface area contributed by atoms with Gasteiger partial charge in [-0.15, -0.1) is 0 Å². The number of hydrogen-bond acceptors (Lipinski definition) is 6. The Balaban J connectivity index is 2.07. The van der Waals surface area contributed by atoms with E-state index in [9.17, 15) is 18.0 Å². The first-order valence-corrected chi connectivity index (χ1v) is 8.18. The van der Waals surface area contributed by atoms with Gasteiger partial charge in [-0.3, -0.25) is 9.59 Å². The average molecular weight is 344 g/mol. The van der Waals surface area contributed by atoms with Crippen LogP contribution >= 0.6 is 0 Å². The van der Waals surface area contributed by atoms with Crippen LogP contribution in [0.1, 0.15) is 0 Å². The number of sulfonamides is 1. The second-order valence-corrected chi connectivity index (χ2v) is 6.44. The first-order valence-electron chi connectivity index (χ1n) is 6.70. The van der Waals surface area contributed by atoms with Crippen LogP contribution < -0.4 is 10.0 Å². The number of amides is 1. The molecule has 0 spiro atoms. The summed E-state index contributed by atoms with van der Waals surface area (Å²) in [6, 6.07) is 5.47.